The van der Waals surface area contributed by atoms with Crippen LogP contribution in [0.1, 0.15) is 29.8 Å². The second-order valence-electron chi connectivity index (χ2n) is 7.60. The predicted molar refractivity (Wildman–Crippen MR) is 111 cm³/mol. The first-order valence-electron chi connectivity index (χ1n) is 10.1. The molecule has 0 spiro atoms. The van der Waals surface area contributed by atoms with Crippen LogP contribution in [0.15, 0.2) is 36.7 Å². The van der Waals surface area contributed by atoms with Crippen LogP contribution >= 0.6 is 0 Å². The van der Waals surface area contributed by atoms with Gasteiger partial charge in [0.05, 0.1) is 12.4 Å². The van der Waals surface area contributed by atoms with E-state index in [0.717, 1.165) is 57.8 Å². The lowest BCUT2D eigenvalue weighted by molar-refractivity contribution is 0.0718. The molecule has 1 aromatic heterocycles. The van der Waals surface area contributed by atoms with Gasteiger partial charge in [-0.05, 0) is 50.6 Å². The molecule has 28 heavy (non-hydrogen) atoms. The van der Waals surface area contributed by atoms with Gasteiger partial charge in [0.1, 0.15) is 11.5 Å². The molecule has 0 atom stereocenters. The summed E-state index contributed by atoms with van der Waals surface area (Å²) in [5.41, 5.74) is 2.62. The third-order valence-corrected chi connectivity index (χ3v) is 5.52. The lowest BCUT2D eigenvalue weighted by Gasteiger charge is -2.34. The minimum Gasteiger partial charge on any atom is -0.369 e. The molecule has 148 valence electrons. The Bertz CT molecular complexity index is 778. The average Bonchev–Trinajstić information content (AvgIpc) is 2.76. The fraction of sp³-hybridized carbons (Fsp3) is 0.476. The molecule has 7 heteroatoms. The van der Waals surface area contributed by atoms with Crippen LogP contribution in [0.5, 0.6) is 0 Å². The van der Waals surface area contributed by atoms with Crippen molar-refractivity contribution in [2.75, 3.05) is 56.5 Å². The highest BCUT2D eigenvalue weighted by Gasteiger charge is 2.19. The second kappa shape index (κ2) is 8.56. The van der Waals surface area contributed by atoms with Gasteiger partial charge in [-0.2, -0.15) is 0 Å². The fourth-order valence-electron chi connectivity index (χ4n) is 3.73. The van der Waals surface area contributed by atoms with Gasteiger partial charge < -0.3 is 20.0 Å². The van der Waals surface area contributed by atoms with Crippen molar-refractivity contribution >= 4 is 23.1 Å². The molecule has 0 aliphatic carbocycles. The summed E-state index contributed by atoms with van der Waals surface area (Å²) in [6.07, 6.45) is 6.54. The van der Waals surface area contributed by atoms with Crippen molar-refractivity contribution in [1.29, 1.82) is 0 Å². The van der Waals surface area contributed by atoms with Crippen LogP contribution in [-0.2, 0) is 0 Å². The van der Waals surface area contributed by atoms with Crippen LogP contribution in [0, 0.1) is 0 Å². The van der Waals surface area contributed by atoms with Gasteiger partial charge in [-0.15, -0.1) is 0 Å². The van der Waals surface area contributed by atoms with Crippen molar-refractivity contribution in [3.63, 3.8) is 0 Å². The van der Waals surface area contributed by atoms with E-state index in [0.29, 0.717) is 11.5 Å². The van der Waals surface area contributed by atoms with Crippen molar-refractivity contribution < 1.29 is 4.79 Å². The minimum atomic E-state index is -0.0183. The van der Waals surface area contributed by atoms with E-state index in [2.05, 4.69) is 56.4 Å². The second-order valence-corrected chi connectivity index (χ2v) is 7.60. The molecular formula is C21H28N6O. The van der Waals surface area contributed by atoms with Crippen LogP contribution in [0.3, 0.4) is 0 Å². The Hall–Kier alpha value is -2.67. The van der Waals surface area contributed by atoms with Crippen molar-refractivity contribution in [3.05, 3.63) is 42.4 Å². The molecule has 2 aliphatic rings. The Morgan fingerprint density at radius 1 is 0.893 bits per heavy atom. The maximum Gasteiger partial charge on any atom is 0.274 e. The predicted octanol–water partition coefficient (Wildman–Crippen LogP) is 2.60. The molecule has 3 heterocycles. The fourth-order valence-corrected chi connectivity index (χ4v) is 3.73. The summed E-state index contributed by atoms with van der Waals surface area (Å²) in [7, 11) is 2.16. The van der Waals surface area contributed by atoms with Crippen LogP contribution in [0.4, 0.5) is 17.2 Å². The number of piperazine rings is 1. The van der Waals surface area contributed by atoms with Crippen LogP contribution in [-0.4, -0.2) is 72.0 Å². The van der Waals surface area contributed by atoms with Gasteiger partial charge in [0, 0.05) is 50.6 Å². The van der Waals surface area contributed by atoms with Gasteiger partial charge in [-0.1, -0.05) is 0 Å². The Morgan fingerprint density at radius 2 is 1.61 bits per heavy atom. The number of benzene rings is 1. The highest BCUT2D eigenvalue weighted by molar-refractivity contribution is 5.92. The number of hydrogen-bond donors (Lipinski definition) is 1. The average molecular weight is 380 g/mol. The first-order valence-corrected chi connectivity index (χ1v) is 10.1. The number of aromatic nitrogens is 2. The maximum atomic E-state index is 12.5. The number of hydrogen-bond acceptors (Lipinski definition) is 6. The number of piperidine rings is 1. The molecule has 7 nitrogen and oxygen atoms in total. The normalized spacial score (nSPS) is 18.2. The molecule has 2 aromatic rings. The molecule has 0 radical (unpaired) electrons. The number of rotatable bonds is 4. The van der Waals surface area contributed by atoms with Crippen LogP contribution < -0.4 is 10.2 Å². The first kappa shape index (κ1) is 18.7. The van der Waals surface area contributed by atoms with Gasteiger partial charge in [0.15, 0.2) is 0 Å². The molecule has 0 bridgehead atoms. The van der Waals surface area contributed by atoms with Crippen molar-refractivity contribution in [2.45, 2.75) is 19.3 Å². The molecule has 1 amide bonds. The Labute approximate surface area is 166 Å². The topological polar surface area (TPSA) is 64.6 Å². The number of likely N-dealkylation sites (N-methyl/N-ethyl adjacent to an activating group) is 1. The van der Waals surface area contributed by atoms with E-state index in [9.17, 15) is 4.79 Å². The zero-order chi connectivity index (χ0) is 19.3. The molecule has 1 aromatic carbocycles. The maximum absolute atomic E-state index is 12.5. The highest BCUT2D eigenvalue weighted by Crippen LogP contribution is 2.21. The van der Waals surface area contributed by atoms with E-state index >= 15 is 0 Å². The summed E-state index contributed by atoms with van der Waals surface area (Å²) in [5, 5.41) is 3.26. The zero-order valence-electron chi connectivity index (χ0n) is 16.5. The molecule has 0 unspecified atom stereocenters. The summed E-state index contributed by atoms with van der Waals surface area (Å²) in [5.74, 6) is 0.623. The van der Waals surface area contributed by atoms with E-state index in [4.69, 9.17) is 0 Å². The van der Waals surface area contributed by atoms with E-state index < -0.39 is 0 Å². The molecular weight excluding hydrogens is 352 g/mol. The van der Waals surface area contributed by atoms with Crippen molar-refractivity contribution in [3.8, 4) is 0 Å². The zero-order valence-corrected chi connectivity index (χ0v) is 16.5. The Morgan fingerprint density at radius 3 is 2.25 bits per heavy atom. The third kappa shape index (κ3) is 4.42. The lowest BCUT2D eigenvalue weighted by atomic mass is 10.1. The molecule has 1 N–H and O–H groups in total. The van der Waals surface area contributed by atoms with E-state index in [1.54, 1.807) is 12.4 Å². The monoisotopic (exact) mass is 380 g/mol. The standard InChI is InChI=1S/C21H28N6O/c1-25-11-13-26(14-12-25)18-7-5-17(6-8-18)24-20-16-22-19(15-23-20)21(28)27-9-3-2-4-10-27/h5-8,15-16H,2-4,9-14H2,1H3,(H,23,24). The van der Waals surface area contributed by atoms with Crippen LogP contribution in [0.25, 0.3) is 0 Å². The summed E-state index contributed by atoms with van der Waals surface area (Å²) in [4.78, 5) is 27.8. The largest absolute Gasteiger partial charge is 0.369 e. The van der Waals surface area contributed by atoms with Gasteiger partial charge in [0.2, 0.25) is 0 Å². The number of anilines is 3. The molecule has 2 aliphatic heterocycles. The molecule has 2 saturated heterocycles. The summed E-state index contributed by atoms with van der Waals surface area (Å²) in [6, 6.07) is 8.38. The van der Waals surface area contributed by atoms with Gasteiger partial charge in [-0.25, -0.2) is 9.97 Å². The first-order chi connectivity index (χ1) is 13.7. The number of nitrogens with one attached hydrogen (secondary N) is 1. The van der Waals surface area contributed by atoms with Crippen molar-refractivity contribution in [2.24, 2.45) is 0 Å². The Kier molecular flexibility index (Phi) is 5.71. The van der Waals surface area contributed by atoms with E-state index in [-0.39, 0.29) is 5.91 Å². The number of carbonyl (C=O) groups excluding carboxylic acids is 1. The summed E-state index contributed by atoms with van der Waals surface area (Å²) in [6.45, 7) is 5.94. The molecule has 2 fully saturated rings. The number of likely N-dealkylation sites (tertiary alicyclic amines) is 1. The minimum absolute atomic E-state index is 0.0183. The van der Waals surface area contributed by atoms with Gasteiger partial charge >= 0.3 is 0 Å². The van der Waals surface area contributed by atoms with Gasteiger partial charge in [-0.3, -0.25) is 4.79 Å². The summed E-state index contributed by atoms with van der Waals surface area (Å²) < 4.78 is 0. The number of nitrogens with zero attached hydrogens (tertiary/aromatic N) is 5. The number of amides is 1. The SMILES string of the molecule is CN1CCN(c2ccc(Nc3cnc(C(=O)N4CCCCC4)cn3)cc2)CC1. The van der Waals surface area contributed by atoms with Gasteiger partial charge in [0.25, 0.3) is 5.91 Å². The molecule has 4 rings (SSSR count). The van der Waals surface area contributed by atoms with Crippen molar-refractivity contribution in [1.82, 2.24) is 19.8 Å². The summed E-state index contributed by atoms with van der Waals surface area (Å²) >= 11 is 0. The quantitative estimate of drug-likeness (QED) is 0.880. The lowest BCUT2D eigenvalue weighted by Crippen LogP contribution is -2.44. The molecule has 0 saturated carbocycles. The van der Waals surface area contributed by atoms with E-state index in [1.165, 1.54) is 12.1 Å². The smallest absolute Gasteiger partial charge is 0.274 e. The third-order valence-electron chi connectivity index (χ3n) is 5.52. The number of carbonyl (C=O) groups is 1. The van der Waals surface area contributed by atoms with E-state index in [1.807, 2.05) is 4.90 Å². The Balaban J connectivity index is 1.35. The highest BCUT2D eigenvalue weighted by atomic mass is 16.2. The van der Waals surface area contributed by atoms with Crippen LogP contribution in [0.2, 0.25) is 0 Å².